The van der Waals surface area contributed by atoms with E-state index in [1.165, 1.54) is 17.0 Å². The van der Waals surface area contributed by atoms with Crippen molar-refractivity contribution in [1.82, 2.24) is 0 Å². The minimum atomic E-state index is -0.487. The van der Waals surface area contributed by atoms with Crippen LogP contribution in [0.25, 0.3) is 0 Å². The van der Waals surface area contributed by atoms with E-state index >= 15 is 0 Å². The first-order valence-corrected chi connectivity index (χ1v) is 8.53. The largest absolute Gasteiger partial charge is 0.326 e. The molecule has 3 aromatic rings. The third-order valence-electron chi connectivity index (χ3n) is 3.86. The van der Waals surface area contributed by atoms with Crippen LogP contribution >= 0.6 is 11.6 Å². The molecular formula is C20H16ClN3O3. The maximum absolute atomic E-state index is 12.9. The van der Waals surface area contributed by atoms with Gasteiger partial charge >= 0.3 is 6.03 Å². The number of nitrogens with one attached hydrogen (secondary N) is 1. The highest BCUT2D eigenvalue weighted by molar-refractivity contribution is 6.30. The van der Waals surface area contributed by atoms with Crippen molar-refractivity contribution in [2.24, 2.45) is 0 Å². The summed E-state index contributed by atoms with van der Waals surface area (Å²) in [6.45, 7) is 0.258. The number of hydrogen-bond acceptors (Lipinski definition) is 3. The first-order valence-electron chi connectivity index (χ1n) is 8.15. The molecule has 0 aliphatic rings. The summed E-state index contributed by atoms with van der Waals surface area (Å²) in [7, 11) is 0. The Balaban J connectivity index is 1.92. The van der Waals surface area contributed by atoms with Gasteiger partial charge in [-0.25, -0.2) is 4.79 Å². The van der Waals surface area contributed by atoms with Gasteiger partial charge in [-0.3, -0.25) is 15.0 Å². The number of urea groups is 1. The molecule has 0 spiro atoms. The summed E-state index contributed by atoms with van der Waals surface area (Å²) in [5, 5.41) is 14.4. The van der Waals surface area contributed by atoms with Gasteiger partial charge in [0.15, 0.2) is 0 Å². The number of amides is 2. The fourth-order valence-corrected chi connectivity index (χ4v) is 2.77. The van der Waals surface area contributed by atoms with Crippen LogP contribution in [0.15, 0.2) is 78.9 Å². The number of anilines is 2. The monoisotopic (exact) mass is 381 g/mol. The van der Waals surface area contributed by atoms with Gasteiger partial charge in [0.1, 0.15) is 0 Å². The minimum absolute atomic E-state index is 0.0823. The second-order valence-electron chi connectivity index (χ2n) is 5.79. The van der Waals surface area contributed by atoms with Crippen LogP contribution < -0.4 is 10.2 Å². The van der Waals surface area contributed by atoms with Gasteiger partial charge in [0, 0.05) is 22.8 Å². The Labute approximate surface area is 161 Å². The molecule has 0 radical (unpaired) electrons. The zero-order valence-electron chi connectivity index (χ0n) is 14.2. The number of carbonyl (C=O) groups is 1. The number of nitro benzene ring substituents is 1. The molecule has 3 rings (SSSR count). The quantitative estimate of drug-likeness (QED) is 0.469. The third kappa shape index (κ3) is 4.83. The first kappa shape index (κ1) is 18.4. The number of nitro groups is 1. The molecule has 136 valence electrons. The maximum Gasteiger partial charge on any atom is 0.326 e. The van der Waals surface area contributed by atoms with E-state index < -0.39 is 11.0 Å². The molecule has 0 fully saturated rings. The smallest absolute Gasteiger partial charge is 0.307 e. The molecule has 27 heavy (non-hydrogen) atoms. The van der Waals surface area contributed by atoms with E-state index in [-0.39, 0.29) is 12.2 Å². The zero-order chi connectivity index (χ0) is 19.2. The van der Waals surface area contributed by atoms with Gasteiger partial charge < -0.3 is 5.32 Å². The topological polar surface area (TPSA) is 75.5 Å². The van der Waals surface area contributed by atoms with Gasteiger partial charge in [-0.2, -0.15) is 0 Å². The van der Waals surface area contributed by atoms with Crippen LogP contribution in [0.5, 0.6) is 0 Å². The van der Waals surface area contributed by atoms with Crippen LogP contribution in [0.3, 0.4) is 0 Å². The number of halogens is 1. The van der Waals surface area contributed by atoms with Crippen LogP contribution in [0.4, 0.5) is 21.9 Å². The molecule has 7 heteroatoms. The Morgan fingerprint density at radius 2 is 1.74 bits per heavy atom. The Kier molecular flexibility index (Phi) is 5.68. The third-order valence-corrected chi connectivity index (χ3v) is 4.09. The zero-order valence-corrected chi connectivity index (χ0v) is 15.0. The molecule has 1 N–H and O–H groups in total. The van der Waals surface area contributed by atoms with Gasteiger partial charge in [-0.05, 0) is 29.8 Å². The Hall–Kier alpha value is -3.38. The van der Waals surface area contributed by atoms with E-state index in [0.29, 0.717) is 16.4 Å². The SMILES string of the molecule is O=C(Nc1cccc(Cl)c1)N(Cc1ccccc1)c1cccc([N+](=O)[O-])c1. The van der Waals surface area contributed by atoms with Crippen molar-refractivity contribution in [3.8, 4) is 0 Å². The van der Waals surface area contributed by atoms with Crippen molar-refractivity contribution in [3.63, 3.8) is 0 Å². The highest BCUT2D eigenvalue weighted by Crippen LogP contribution is 2.24. The van der Waals surface area contributed by atoms with Crippen LogP contribution in [0, 0.1) is 10.1 Å². The van der Waals surface area contributed by atoms with E-state index in [0.717, 1.165) is 5.56 Å². The first-order chi connectivity index (χ1) is 13.0. The Morgan fingerprint density at radius 3 is 2.44 bits per heavy atom. The summed E-state index contributed by atoms with van der Waals surface area (Å²) in [4.78, 5) is 25.0. The van der Waals surface area contributed by atoms with Crippen molar-refractivity contribution in [2.75, 3.05) is 10.2 Å². The molecule has 0 saturated heterocycles. The summed E-state index contributed by atoms with van der Waals surface area (Å²) in [6, 6.07) is 21.7. The van der Waals surface area contributed by atoms with Gasteiger partial charge in [0.05, 0.1) is 17.2 Å². The molecule has 0 aliphatic carbocycles. The summed E-state index contributed by atoms with van der Waals surface area (Å²) < 4.78 is 0. The molecule has 0 saturated carbocycles. The van der Waals surface area contributed by atoms with Crippen molar-refractivity contribution in [3.05, 3.63) is 99.6 Å². The highest BCUT2D eigenvalue weighted by atomic mass is 35.5. The van der Waals surface area contributed by atoms with Crippen molar-refractivity contribution >= 4 is 34.7 Å². The molecule has 2 amide bonds. The lowest BCUT2D eigenvalue weighted by Gasteiger charge is -2.23. The van der Waals surface area contributed by atoms with E-state index in [1.54, 1.807) is 36.4 Å². The lowest BCUT2D eigenvalue weighted by Crippen LogP contribution is -2.34. The molecular weight excluding hydrogens is 366 g/mol. The summed E-state index contributed by atoms with van der Waals surface area (Å²) >= 11 is 5.97. The Bertz CT molecular complexity index is 963. The van der Waals surface area contributed by atoms with Crippen molar-refractivity contribution in [1.29, 1.82) is 0 Å². The van der Waals surface area contributed by atoms with Gasteiger partial charge in [-0.15, -0.1) is 0 Å². The maximum atomic E-state index is 12.9. The van der Waals surface area contributed by atoms with Gasteiger partial charge in [-0.1, -0.05) is 54.1 Å². The van der Waals surface area contributed by atoms with Crippen molar-refractivity contribution < 1.29 is 9.72 Å². The highest BCUT2D eigenvalue weighted by Gasteiger charge is 2.19. The number of hydrogen-bond donors (Lipinski definition) is 1. The number of nitrogens with zero attached hydrogens (tertiary/aromatic N) is 2. The molecule has 3 aromatic carbocycles. The van der Waals surface area contributed by atoms with Gasteiger partial charge in [0.2, 0.25) is 0 Å². The lowest BCUT2D eigenvalue weighted by atomic mass is 10.2. The van der Waals surface area contributed by atoms with Crippen LogP contribution in [0.2, 0.25) is 5.02 Å². The number of benzene rings is 3. The molecule has 0 aromatic heterocycles. The average Bonchev–Trinajstić information content (AvgIpc) is 2.67. The molecule has 0 unspecified atom stereocenters. The fourth-order valence-electron chi connectivity index (χ4n) is 2.58. The fraction of sp³-hybridized carbons (Fsp3) is 0.0500. The van der Waals surface area contributed by atoms with E-state index in [2.05, 4.69) is 5.32 Å². The molecule has 0 aliphatic heterocycles. The summed E-state index contributed by atoms with van der Waals surface area (Å²) in [5.74, 6) is 0. The second kappa shape index (κ2) is 8.33. The molecule has 0 atom stereocenters. The molecule has 0 heterocycles. The predicted octanol–water partition coefficient (Wildman–Crippen LogP) is 5.49. The second-order valence-corrected chi connectivity index (χ2v) is 6.23. The predicted molar refractivity (Wildman–Crippen MR) is 106 cm³/mol. The van der Waals surface area contributed by atoms with Crippen LogP contribution in [0.1, 0.15) is 5.56 Å². The lowest BCUT2D eigenvalue weighted by molar-refractivity contribution is -0.384. The van der Waals surface area contributed by atoms with E-state index in [4.69, 9.17) is 11.6 Å². The number of rotatable bonds is 5. The van der Waals surface area contributed by atoms with Crippen molar-refractivity contribution in [2.45, 2.75) is 6.54 Å². The Morgan fingerprint density at radius 1 is 1.00 bits per heavy atom. The minimum Gasteiger partial charge on any atom is -0.307 e. The molecule has 0 bridgehead atoms. The van der Waals surface area contributed by atoms with Gasteiger partial charge in [0.25, 0.3) is 5.69 Å². The van der Waals surface area contributed by atoms with E-state index in [9.17, 15) is 14.9 Å². The summed E-state index contributed by atoms with van der Waals surface area (Å²) in [5.41, 5.74) is 1.77. The average molecular weight is 382 g/mol. The summed E-state index contributed by atoms with van der Waals surface area (Å²) in [6.07, 6.45) is 0. The van der Waals surface area contributed by atoms with E-state index in [1.807, 2.05) is 30.3 Å². The normalized spacial score (nSPS) is 10.3. The van der Waals surface area contributed by atoms with Crippen LogP contribution in [-0.4, -0.2) is 11.0 Å². The van der Waals surface area contributed by atoms with Crippen LogP contribution in [-0.2, 0) is 6.54 Å². The number of non-ortho nitro benzene ring substituents is 1. The standard InChI is InChI=1S/C20H16ClN3O3/c21-16-8-4-9-17(12-16)22-20(25)23(14-15-6-2-1-3-7-15)18-10-5-11-19(13-18)24(26)27/h1-13H,14H2,(H,22,25). The molecule has 6 nitrogen and oxygen atoms in total. The number of carbonyl (C=O) groups excluding carboxylic acids is 1.